The summed E-state index contributed by atoms with van der Waals surface area (Å²) in [5.41, 5.74) is 1.83. The smallest absolute Gasteiger partial charge is 0.328 e. The Kier molecular flexibility index (Phi) is 7.80. The van der Waals surface area contributed by atoms with Gasteiger partial charge in [-0.3, -0.25) is 14.5 Å². The number of halogens is 2. The minimum atomic E-state index is -0.967. The van der Waals surface area contributed by atoms with Crippen LogP contribution in [0.4, 0.5) is 4.79 Å². The molecule has 6 nitrogen and oxygen atoms in total. The minimum Gasteiger partial charge on any atom is -0.488 e. The second kappa shape index (κ2) is 10.1. The molecule has 0 radical (unpaired) electrons. The van der Waals surface area contributed by atoms with Crippen LogP contribution in [0.15, 0.2) is 47.4 Å². The molecule has 3 rings (SSSR count). The summed E-state index contributed by atoms with van der Waals surface area (Å²) in [5.74, 6) is -0.404. The fraction of sp³-hybridized carbons (Fsp3) is 0.190. The molecule has 1 heterocycles. The molecule has 0 saturated carbocycles. The van der Waals surface area contributed by atoms with Crippen LogP contribution in [0.2, 0.25) is 0 Å². The molecule has 9 heteroatoms. The first-order chi connectivity index (χ1) is 14.3. The Labute approximate surface area is 205 Å². The molecule has 30 heavy (non-hydrogen) atoms. The number of thioether (sulfide) groups is 1. The Hall–Kier alpha value is -1.60. The van der Waals surface area contributed by atoms with Crippen LogP contribution < -0.4 is 4.74 Å². The third-order valence-corrected chi connectivity index (χ3v) is 6.76. The molecule has 2 aromatic carbocycles. The first-order valence-electron chi connectivity index (χ1n) is 8.82. The van der Waals surface area contributed by atoms with Crippen LogP contribution >= 0.6 is 56.9 Å². The summed E-state index contributed by atoms with van der Waals surface area (Å²) in [5, 5.41) is -0.490. The lowest BCUT2D eigenvalue weighted by Gasteiger charge is -2.18. The number of benzene rings is 2. The van der Waals surface area contributed by atoms with Gasteiger partial charge in [-0.15, -0.1) is 0 Å². The minimum absolute atomic E-state index is 0.263. The summed E-state index contributed by atoms with van der Waals surface area (Å²) >= 11 is 5.24. The average Bonchev–Trinajstić information content (AvgIpc) is 3.00. The normalized spacial score (nSPS) is 16.1. The van der Waals surface area contributed by atoms with Gasteiger partial charge >= 0.3 is 5.97 Å². The van der Waals surface area contributed by atoms with Gasteiger partial charge in [0.2, 0.25) is 0 Å². The van der Waals surface area contributed by atoms with E-state index in [-0.39, 0.29) is 4.91 Å². The van der Waals surface area contributed by atoms with Gasteiger partial charge in [0, 0.05) is 3.57 Å². The molecule has 1 fully saturated rings. The molecule has 0 aromatic heterocycles. The van der Waals surface area contributed by atoms with Crippen molar-refractivity contribution in [3.8, 4) is 5.75 Å². The molecule has 2 aromatic rings. The van der Waals surface area contributed by atoms with Gasteiger partial charge in [0.1, 0.15) is 18.4 Å². The Morgan fingerprint density at radius 1 is 1.17 bits per heavy atom. The van der Waals surface area contributed by atoms with Crippen LogP contribution in [0, 0.1) is 7.14 Å². The molecule has 1 aliphatic heterocycles. The van der Waals surface area contributed by atoms with E-state index in [2.05, 4.69) is 49.9 Å². The first kappa shape index (κ1) is 23.1. The zero-order valence-electron chi connectivity index (χ0n) is 16.1. The van der Waals surface area contributed by atoms with Gasteiger partial charge in [-0.05, 0) is 105 Å². The zero-order valence-corrected chi connectivity index (χ0v) is 21.2. The summed E-state index contributed by atoms with van der Waals surface area (Å²) in [7, 11) is 1.22. The van der Waals surface area contributed by atoms with Crippen molar-refractivity contribution in [2.75, 3.05) is 7.11 Å². The van der Waals surface area contributed by atoms with Crippen molar-refractivity contribution >= 4 is 80.1 Å². The van der Waals surface area contributed by atoms with Crippen molar-refractivity contribution in [3.05, 3.63) is 65.6 Å². The third-order valence-electron chi connectivity index (χ3n) is 4.31. The molecule has 1 aliphatic rings. The van der Waals surface area contributed by atoms with Crippen LogP contribution in [0.25, 0.3) is 6.08 Å². The highest BCUT2D eigenvalue weighted by molar-refractivity contribution is 14.1. The molecule has 0 unspecified atom stereocenters. The van der Waals surface area contributed by atoms with Gasteiger partial charge in [0.15, 0.2) is 0 Å². The number of methoxy groups -OCH3 is 1. The van der Waals surface area contributed by atoms with E-state index in [4.69, 9.17) is 4.74 Å². The monoisotopic (exact) mass is 649 g/mol. The average molecular weight is 649 g/mol. The maximum atomic E-state index is 12.6. The summed E-state index contributed by atoms with van der Waals surface area (Å²) in [6.45, 7) is 1.92. The highest BCUT2D eigenvalue weighted by Gasteiger charge is 2.41. The molecule has 0 aliphatic carbocycles. The van der Waals surface area contributed by atoms with Crippen molar-refractivity contribution in [1.29, 1.82) is 0 Å². The fourth-order valence-corrected chi connectivity index (χ4v) is 4.67. The summed E-state index contributed by atoms with van der Waals surface area (Å²) in [6.07, 6.45) is 1.64. The highest BCUT2D eigenvalue weighted by Crippen LogP contribution is 2.34. The summed E-state index contributed by atoms with van der Waals surface area (Å²) in [6, 6.07) is 12.7. The molecule has 156 valence electrons. The van der Waals surface area contributed by atoms with E-state index in [1.807, 2.05) is 42.5 Å². The number of hydrogen-bond donors (Lipinski definition) is 0. The van der Waals surface area contributed by atoms with Crippen LogP contribution in [0.1, 0.15) is 18.1 Å². The van der Waals surface area contributed by atoms with Crippen LogP contribution in [-0.4, -0.2) is 35.2 Å². The van der Waals surface area contributed by atoms with Gasteiger partial charge in [-0.2, -0.15) is 0 Å². The lowest BCUT2D eigenvalue weighted by Crippen LogP contribution is -2.42. The molecule has 1 atom stereocenters. The van der Waals surface area contributed by atoms with Crippen molar-refractivity contribution in [2.24, 2.45) is 0 Å². The Morgan fingerprint density at radius 3 is 2.50 bits per heavy atom. The van der Waals surface area contributed by atoms with Crippen LogP contribution in [-0.2, 0) is 20.9 Å². The van der Waals surface area contributed by atoms with Crippen LogP contribution in [0.5, 0.6) is 5.75 Å². The molecule has 0 bridgehead atoms. The highest BCUT2D eigenvalue weighted by atomic mass is 127. The maximum absolute atomic E-state index is 12.6. The zero-order chi connectivity index (χ0) is 21.8. The van der Waals surface area contributed by atoms with Gasteiger partial charge < -0.3 is 9.47 Å². The van der Waals surface area contributed by atoms with E-state index in [9.17, 15) is 14.4 Å². The number of rotatable bonds is 6. The predicted octanol–water partition coefficient (Wildman–Crippen LogP) is 5.07. The fourth-order valence-electron chi connectivity index (χ4n) is 2.71. The molecule has 1 saturated heterocycles. The number of esters is 1. The maximum Gasteiger partial charge on any atom is 0.328 e. The number of nitrogens with zero attached hydrogens (tertiary/aromatic N) is 1. The number of carbonyl (C=O) groups excluding carboxylic acids is 3. The van der Waals surface area contributed by atoms with E-state index in [0.717, 1.165) is 37.1 Å². The van der Waals surface area contributed by atoms with Crippen LogP contribution in [0.3, 0.4) is 0 Å². The van der Waals surface area contributed by atoms with Gasteiger partial charge in [0.25, 0.3) is 11.1 Å². The van der Waals surface area contributed by atoms with E-state index < -0.39 is 23.2 Å². The largest absolute Gasteiger partial charge is 0.488 e. The Balaban J connectivity index is 1.72. The van der Waals surface area contributed by atoms with E-state index >= 15 is 0 Å². The quantitative estimate of drug-likeness (QED) is 0.247. The van der Waals surface area contributed by atoms with E-state index in [1.54, 1.807) is 6.08 Å². The first-order valence-corrected chi connectivity index (χ1v) is 11.8. The molecule has 0 N–H and O–H groups in total. The van der Waals surface area contributed by atoms with Crippen molar-refractivity contribution < 1.29 is 23.9 Å². The summed E-state index contributed by atoms with van der Waals surface area (Å²) in [4.78, 5) is 37.7. The Bertz CT molecular complexity index is 1020. The SMILES string of the molecule is COC(=O)[C@@H](C)N1C(=O)S/C(=C/c2ccc(OCc3ccc(I)cc3)c(I)c2)C1=O. The van der Waals surface area contributed by atoms with Crippen molar-refractivity contribution in [3.63, 3.8) is 0 Å². The molecular weight excluding hydrogens is 632 g/mol. The number of hydrogen-bond acceptors (Lipinski definition) is 6. The predicted molar refractivity (Wildman–Crippen MR) is 132 cm³/mol. The van der Waals surface area contributed by atoms with Gasteiger partial charge in [-0.25, -0.2) is 4.79 Å². The second-order valence-electron chi connectivity index (χ2n) is 6.36. The lowest BCUT2D eigenvalue weighted by atomic mass is 10.2. The van der Waals surface area contributed by atoms with Gasteiger partial charge in [0.05, 0.1) is 15.6 Å². The van der Waals surface area contributed by atoms with Crippen molar-refractivity contribution in [2.45, 2.75) is 19.6 Å². The molecule has 2 amide bonds. The van der Waals surface area contributed by atoms with Gasteiger partial charge in [-0.1, -0.05) is 18.2 Å². The van der Waals surface area contributed by atoms with E-state index in [1.165, 1.54) is 17.6 Å². The Morgan fingerprint density at radius 2 is 1.87 bits per heavy atom. The van der Waals surface area contributed by atoms with E-state index in [0.29, 0.717) is 6.61 Å². The molecule has 0 spiro atoms. The summed E-state index contributed by atoms with van der Waals surface area (Å²) < 4.78 is 12.6. The number of amides is 2. The lowest BCUT2D eigenvalue weighted by molar-refractivity contribution is -0.148. The topological polar surface area (TPSA) is 72.9 Å². The molecular formula is C21H17I2NO5S. The van der Waals surface area contributed by atoms with Crippen molar-refractivity contribution in [1.82, 2.24) is 4.90 Å². The third kappa shape index (κ3) is 5.35. The standard InChI is InChI=1S/C21H17I2NO5S/c1-12(20(26)28-2)24-19(25)18(30-21(24)27)10-14-5-8-17(16(23)9-14)29-11-13-3-6-15(22)7-4-13/h3-10,12H,11H2,1-2H3/b18-10+/t12-/m1/s1. The number of ether oxygens (including phenoxy) is 2. The number of carbonyl (C=O) groups is 3. The number of imide groups is 1. The second-order valence-corrected chi connectivity index (χ2v) is 9.76.